The van der Waals surface area contributed by atoms with Crippen LogP contribution in [0.2, 0.25) is 0 Å². The van der Waals surface area contributed by atoms with Crippen LogP contribution in [-0.2, 0) is 12.8 Å². The molecule has 3 nitrogen and oxygen atoms in total. The summed E-state index contributed by atoms with van der Waals surface area (Å²) in [4.78, 5) is 4.44. The molecule has 0 bridgehead atoms. The Labute approximate surface area is 118 Å². The number of hydrogen-bond donors (Lipinski definition) is 0. The molecule has 0 spiro atoms. The number of hydrogen-bond acceptors (Lipinski definition) is 3. The first kappa shape index (κ1) is 12.7. The van der Waals surface area contributed by atoms with Crippen LogP contribution < -0.4 is 0 Å². The average Bonchev–Trinajstić information content (AvgIpc) is 3.11. The van der Waals surface area contributed by atoms with Gasteiger partial charge in [0.1, 0.15) is 17.3 Å². The van der Waals surface area contributed by atoms with E-state index in [2.05, 4.69) is 4.98 Å². The number of nitrogens with zero attached hydrogens (tertiary/aromatic N) is 1. The third kappa shape index (κ3) is 2.99. The molecule has 3 rings (SSSR count). The van der Waals surface area contributed by atoms with Crippen molar-refractivity contribution >= 4 is 0 Å². The lowest BCUT2D eigenvalue weighted by Crippen LogP contribution is -2.08. The highest BCUT2D eigenvalue weighted by molar-refractivity contribution is 5.29. The van der Waals surface area contributed by atoms with Crippen LogP contribution in [0.25, 0.3) is 0 Å². The van der Waals surface area contributed by atoms with Gasteiger partial charge in [-0.1, -0.05) is 6.07 Å². The maximum atomic E-state index is 5.68. The van der Waals surface area contributed by atoms with E-state index in [1.807, 2.05) is 55.6 Å². The summed E-state index contributed by atoms with van der Waals surface area (Å²) in [5, 5.41) is 0. The number of pyridine rings is 1. The molecule has 3 heteroatoms. The van der Waals surface area contributed by atoms with Crippen molar-refractivity contribution in [2.45, 2.75) is 19.8 Å². The first-order valence-electron chi connectivity index (χ1n) is 6.65. The molecule has 0 amide bonds. The maximum absolute atomic E-state index is 5.68. The van der Waals surface area contributed by atoms with E-state index in [0.29, 0.717) is 0 Å². The van der Waals surface area contributed by atoms with E-state index < -0.39 is 0 Å². The number of rotatable bonds is 5. The van der Waals surface area contributed by atoms with Crippen molar-refractivity contribution in [3.05, 3.63) is 83.8 Å². The molecular weight excluding hydrogens is 250 g/mol. The molecule has 3 heterocycles. The Morgan fingerprint density at radius 3 is 2.55 bits per heavy atom. The van der Waals surface area contributed by atoms with Crippen LogP contribution in [0.1, 0.15) is 23.0 Å². The molecule has 101 valence electrons. The first-order valence-corrected chi connectivity index (χ1v) is 6.65. The minimum absolute atomic E-state index is 0.740. The Kier molecular flexibility index (Phi) is 3.68. The molecule has 0 atom stereocenters. The monoisotopic (exact) mass is 266 g/mol. The van der Waals surface area contributed by atoms with Gasteiger partial charge in [0.25, 0.3) is 0 Å². The topological polar surface area (TPSA) is 39.2 Å². The predicted octanol–water partition coefficient (Wildman–Crippen LogP) is 3.98. The van der Waals surface area contributed by atoms with Crippen LogP contribution in [0.3, 0.4) is 0 Å². The molecular formula is C17H16NO2. The molecule has 0 saturated heterocycles. The van der Waals surface area contributed by atoms with Crippen molar-refractivity contribution in [2.24, 2.45) is 0 Å². The lowest BCUT2D eigenvalue weighted by molar-refractivity contribution is 0.475. The summed E-state index contributed by atoms with van der Waals surface area (Å²) >= 11 is 0. The van der Waals surface area contributed by atoms with Crippen LogP contribution in [0.15, 0.2) is 63.8 Å². The zero-order valence-corrected chi connectivity index (χ0v) is 11.4. The molecule has 0 fully saturated rings. The highest BCUT2D eigenvalue weighted by Gasteiger charge is 2.18. The zero-order chi connectivity index (χ0) is 13.8. The third-order valence-electron chi connectivity index (χ3n) is 3.18. The van der Waals surface area contributed by atoms with E-state index in [1.54, 1.807) is 6.26 Å². The molecule has 0 N–H and O–H groups in total. The van der Waals surface area contributed by atoms with Crippen LogP contribution in [0, 0.1) is 12.8 Å². The molecule has 3 aromatic heterocycles. The van der Waals surface area contributed by atoms with Gasteiger partial charge in [-0.25, -0.2) is 0 Å². The summed E-state index contributed by atoms with van der Waals surface area (Å²) in [7, 11) is 0. The quantitative estimate of drug-likeness (QED) is 0.701. The second-order valence-electron chi connectivity index (χ2n) is 4.76. The summed E-state index contributed by atoms with van der Waals surface area (Å²) in [6.07, 6.45) is 4.99. The average molecular weight is 266 g/mol. The first-order chi connectivity index (χ1) is 9.81. The second-order valence-corrected chi connectivity index (χ2v) is 4.76. The van der Waals surface area contributed by atoms with Crippen LogP contribution in [0.5, 0.6) is 0 Å². The highest BCUT2D eigenvalue weighted by atomic mass is 16.3. The second kappa shape index (κ2) is 5.78. The van der Waals surface area contributed by atoms with Gasteiger partial charge in [0.05, 0.1) is 6.26 Å². The van der Waals surface area contributed by atoms with Crippen LogP contribution in [-0.4, -0.2) is 4.98 Å². The molecule has 0 aliphatic carbocycles. The Morgan fingerprint density at radius 1 is 1.00 bits per heavy atom. The minimum Gasteiger partial charge on any atom is -0.469 e. The highest BCUT2D eigenvalue weighted by Crippen LogP contribution is 2.24. The lowest BCUT2D eigenvalue weighted by Gasteiger charge is -2.13. The van der Waals surface area contributed by atoms with Gasteiger partial charge < -0.3 is 8.83 Å². The van der Waals surface area contributed by atoms with Gasteiger partial charge in [0, 0.05) is 30.7 Å². The number of aryl methyl sites for hydroxylation is 1. The van der Waals surface area contributed by atoms with E-state index in [4.69, 9.17) is 8.83 Å². The maximum Gasteiger partial charge on any atom is 0.105 e. The zero-order valence-electron chi connectivity index (χ0n) is 11.4. The third-order valence-corrected chi connectivity index (χ3v) is 3.18. The summed E-state index contributed by atoms with van der Waals surface area (Å²) in [5.41, 5.74) is 0.984. The Hall–Kier alpha value is -2.29. The van der Waals surface area contributed by atoms with Crippen LogP contribution >= 0.6 is 0 Å². The minimum atomic E-state index is 0.740. The fraction of sp³-hybridized carbons (Fsp3) is 0.176. The Bertz CT molecular complexity index is 641. The summed E-state index contributed by atoms with van der Waals surface area (Å²) in [5.74, 6) is 4.01. The van der Waals surface area contributed by atoms with Gasteiger partial charge >= 0.3 is 0 Å². The fourth-order valence-corrected chi connectivity index (χ4v) is 2.23. The normalized spacial score (nSPS) is 11.1. The summed E-state index contributed by atoms with van der Waals surface area (Å²) in [6, 6.07) is 13.8. The standard InChI is InChI=1S/C17H16NO2/c1-13-7-8-16(20-13)12-14(11-15-5-4-10-19-15)17-6-2-3-9-18-17/h2-10H,11-12H2,1H3. The molecule has 0 unspecified atom stereocenters. The molecule has 0 aromatic carbocycles. The van der Waals surface area contributed by atoms with Gasteiger partial charge in [-0.15, -0.1) is 0 Å². The predicted molar refractivity (Wildman–Crippen MR) is 76.1 cm³/mol. The van der Waals surface area contributed by atoms with Gasteiger partial charge in [-0.2, -0.15) is 0 Å². The van der Waals surface area contributed by atoms with E-state index in [-0.39, 0.29) is 0 Å². The van der Waals surface area contributed by atoms with Crippen molar-refractivity contribution in [1.29, 1.82) is 0 Å². The molecule has 0 aliphatic rings. The molecule has 0 saturated carbocycles. The van der Waals surface area contributed by atoms with E-state index in [0.717, 1.165) is 35.8 Å². The Morgan fingerprint density at radius 2 is 1.90 bits per heavy atom. The SMILES string of the molecule is Cc1ccc(C[C](Cc2ccco2)c2ccccn2)o1. The molecule has 20 heavy (non-hydrogen) atoms. The Balaban J connectivity index is 1.83. The van der Waals surface area contributed by atoms with Gasteiger partial charge in [0.15, 0.2) is 0 Å². The van der Waals surface area contributed by atoms with E-state index in [9.17, 15) is 0 Å². The molecule has 1 radical (unpaired) electrons. The van der Waals surface area contributed by atoms with Gasteiger partial charge in [-0.3, -0.25) is 4.98 Å². The molecule has 3 aromatic rings. The lowest BCUT2D eigenvalue weighted by atomic mass is 9.94. The number of aromatic nitrogens is 1. The van der Waals surface area contributed by atoms with Crippen LogP contribution in [0.4, 0.5) is 0 Å². The van der Waals surface area contributed by atoms with Crippen molar-refractivity contribution in [2.75, 3.05) is 0 Å². The van der Waals surface area contributed by atoms with Gasteiger partial charge in [-0.05, 0) is 43.3 Å². The fourth-order valence-electron chi connectivity index (χ4n) is 2.23. The smallest absolute Gasteiger partial charge is 0.105 e. The van der Waals surface area contributed by atoms with Crippen molar-refractivity contribution < 1.29 is 8.83 Å². The van der Waals surface area contributed by atoms with E-state index >= 15 is 0 Å². The largest absolute Gasteiger partial charge is 0.469 e. The van der Waals surface area contributed by atoms with E-state index in [1.165, 1.54) is 5.92 Å². The summed E-state index contributed by atoms with van der Waals surface area (Å²) in [6.45, 7) is 1.95. The number of furan rings is 2. The van der Waals surface area contributed by atoms with Crippen molar-refractivity contribution in [3.8, 4) is 0 Å². The summed E-state index contributed by atoms with van der Waals surface area (Å²) < 4.78 is 11.1. The van der Waals surface area contributed by atoms with Gasteiger partial charge in [0.2, 0.25) is 0 Å². The van der Waals surface area contributed by atoms with Crippen molar-refractivity contribution in [3.63, 3.8) is 0 Å². The van der Waals surface area contributed by atoms with Crippen molar-refractivity contribution in [1.82, 2.24) is 4.98 Å². The molecule has 0 aliphatic heterocycles.